The highest BCUT2D eigenvalue weighted by molar-refractivity contribution is 5.95. The second kappa shape index (κ2) is 10.9. The average molecular weight is 434 g/mol. The van der Waals surface area contributed by atoms with Gasteiger partial charge in [0, 0.05) is 6.54 Å². The van der Waals surface area contributed by atoms with E-state index in [4.69, 9.17) is 27.8 Å². The van der Waals surface area contributed by atoms with Crippen molar-refractivity contribution in [2.24, 2.45) is 21.5 Å². The van der Waals surface area contributed by atoms with Crippen LogP contribution < -0.4 is 28.3 Å². The van der Waals surface area contributed by atoms with Crippen molar-refractivity contribution in [3.05, 3.63) is 0 Å². The van der Waals surface area contributed by atoms with Crippen LogP contribution in [0.15, 0.2) is 9.98 Å². The highest BCUT2D eigenvalue weighted by atomic mass is 16.7. The van der Waals surface area contributed by atoms with Crippen LogP contribution in [0.3, 0.4) is 0 Å². The first kappa shape index (κ1) is 22.8. The van der Waals surface area contributed by atoms with Crippen LogP contribution in [0.4, 0.5) is 17.8 Å². The number of hydroxylamine groups is 2. The molecule has 0 aromatic carbocycles. The van der Waals surface area contributed by atoms with E-state index in [0.29, 0.717) is 18.5 Å². The number of hydrogen-bond donors (Lipinski definition) is 5. The van der Waals surface area contributed by atoms with Gasteiger partial charge in [-0.3, -0.25) is 4.84 Å². The Bertz CT molecular complexity index is 756. The van der Waals surface area contributed by atoms with Gasteiger partial charge in [0.05, 0.1) is 6.61 Å². The van der Waals surface area contributed by atoms with Crippen LogP contribution in [-0.2, 0) is 4.84 Å². The van der Waals surface area contributed by atoms with Crippen molar-refractivity contribution in [2.45, 2.75) is 76.3 Å². The van der Waals surface area contributed by atoms with E-state index in [0.717, 1.165) is 70.8 Å². The second-order valence-corrected chi connectivity index (χ2v) is 8.03. The number of anilines is 3. The lowest BCUT2D eigenvalue weighted by Gasteiger charge is -2.44. The molecule has 12 nitrogen and oxygen atoms in total. The van der Waals surface area contributed by atoms with Gasteiger partial charge in [0.15, 0.2) is 5.66 Å². The van der Waals surface area contributed by atoms with Crippen LogP contribution in [0.2, 0.25) is 0 Å². The molecule has 1 aromatic rings. The summed E-state index contributed by atoms with van der Waals surface area (Å²) in [7, 11) is 0. The summed E-state index contributed by atoms with van der Waals surface area (Å²) in [5, 5.41) is 4.82. The van der Waals surface area contributed by atoms with Crippen molar-refractivity contribution in [3.63, 3.8) is 0 Å². The van der Waals surface area contributed by atoms with Gasteiger partial charge in [0.1, 0.15) is 0 Å². The number of hydrogen-bond acceptors (Lipinski definition) is 12. The highest BCUT2D eigenvalue weighted by Crippen LogP contribution is 2.36. The van der Waals surface area contributed by atoms with Crippen LogP contribution >= 0.6 is 0 Å². The van der Waals surface area contributed by atoms with E-state index >= 15 is 0 Å². The van der Waals surface area contributed by atoms with Crippen molar-refractivity contribution < 1.29 is 4.84 Å². The zero-order chi connectivity index (χ0) is 22.1. The Morgan fingerprint density at radius 3 is 2.19 bits per heavy atom. The lowest BCUT2D eigenvalue weighted by molar-refractivity contribution is -0.177. The molecule has 0 saturated heterocycles. The first-order chi connectivity index (χ1) is 15.0. The van der Waals surface area contributed by atoms with Crippen molar-refractivity contribution >= 4 is 29.8 Å². The van der Waals surface area contributed by atoms with Gasteiger partial charge in [0.2, 0.25) is 29.8 Å². The molecule has 1 aliphatic heterocycles. The van der Waals surface area contributed by atoms with Crippen molar-refractivity contribution in [3.8, 4) is 0 Å². The van der Waals surface area contributed by atoms with Crippen molar-refractivity contribution in [2.75, 3.05) is 29.9 Å². The van der Waals surface area contributed by atoms with Gasteiger partial charge in [-0.2, -0.15) is 25.0 Å². The van der Waals surface area contributed by atoms with Gasteiger partial charge in [-0.1, -0.05) is 32.1 Å². The zero-order valence-electron chi connectivity index (χ0n) is 18.1. The summed E-state index contributed by atoms with van der Waals surface area (Å²) in [5.41, 5.74) is 22.6. The monoisotopic (exact) mass is 433 g/mol. The summed E-state index contributed by atoms with van der Waals surface area (Å²) < 4.78 is 0. The largest absolute Gasteiger partial charge is 0.368 e. The molecule has 0 atom stereocenters. The minimum Gasteiger partial charge on any atom is -0.368 e. The summed E-state index contributed by atoms with van der Waals surface area (Å²) in [6, 6.07) is 0. The number of nitrogens with one attached hydrogen (secondary N) is 1. The highest BCUT2D eigenvalue weighted by Gasteiger charge is 2.42. The quantitative estimate of drug-likeness (QED) is 0.318. The third-order valence-electron chi connectivity index (χ3n) is 5.54. The molecule has 2 aliphatic rings. The fourth-order valence-electron chi connectivity index (χ4n) is 4.06. The first-order valence-corrected chi connectivity index (χ1v) is 11.1. The molecule has 31 heavy (non-hydrogen) atoms. The van der Waals surface area contributed by atoms with Crippen LogP contribution in [0.25, 0.3) is 0 Å². The molecule has 0 amide bonds. The molecule has 9 N–H and O–H groups in total. The molecule has 2 heterocycles. The molecule has 1 aliphatic carbocycles. The van der Waals surface area contributed by atoms with Gasteiger partial charge in [-0.15, -0.1) is 0 Å². The smallest absolute Gasteiger partial charge is 0.229 e. The van der Waals surface area contributed by atoms with E-state index in [1.165, 1.54) is 6.42 Å². The summed E-state index contributed by atoms with van der Waals surface area (Å²) in [4.78, 5) is 26.4. The molecule has 1 fully saturated rings. The molecule has 0 unspecified atom stereocenters. The fourth-order valence-corrected chi connectivity index (χ4v) is 4.06. The van der Waals surface area contributed by atoms with Gasteiger partial charge in [-0.05, 0) is 38.5 Å². The predicted molar refractivity (Wildman–Crippen MR) is 122 cm³/mol. The number of aromatic nitrogens is 3. The van der Waals surface area contributed by atoms with Gasteiger partial charge >= 0.3 is 0 Å². The fraction of sp³-hybridized carbons (Fsp3) is 0.737. The van der Waals surface area contributed by atoms with Gasteiger partial charge in [0.25, 0.3) is 0 Å². The summed E-state index contributed by atoms with van der Waals surface area (Å²) in [6.45, 7) is 1.36. The Labute approximate surface area is 182 Å². The van der Waals surface area contributed by atoms with E-state index < -0.39 is 5.66 Å². The lowest BCUT2D eigenvalue weighted by Crippen LogP contribution is -2.57. The third kappa shape index (κ3) is 6.54. The van der Waals surface area contributed by atoms with E-state index in [1.54, 1.807) is 5.06 Å². The summed E-state index contributed by atoms with van der Waals surface area (Å²) in [6.07, 6.45) is 11.7. The molecule has 1 aromatic heterocycles. The number of rotatable bonds is 11. The molecule has 3 rings (SSSR count). The van der Waals surface area contributed by atoms with Gasteiger partial charge in [-0.25, -0.2) is 4.99 Å². The van der Waals surface area contributed by atoms with Crippen LogP contribution in [0.1, 0.15) is 70.6 Å². The molecule has 1 saturated carbocycles. The minimum absolute atomic E-state index is 0.125. The maximum absolute atomic E-state index is 6.10. The third-order valence-corrected chi connectivity index (χ3v) is 5.54. The van der Waals surface area contributed by atoms with E-state index in [-0.39, 0.29) is 17.9 Å². The van der Waals surface area contributed by atoms with E-state index in [9.17, 15) is 0 Å². The van der Waals surface area contributed by atoms with E-state index in [1.807, 2.05) is 0 Å². The molecular weight excluding hydrogens is 398 g/mol. The summed E-state index contributed by atoms with van der Waals surface area (Å²) >= 11 is 0. The van der Waals surface area contributed by atoms with Crippen LogP contribution in [0.5, 0.6) is 0 Å². The molecule has 12 heteroatoms. The standard InChI is InChI=1S/C19H35N11O/c20-14-25-15(21)28-18(27-14)24-12-8-3-1-2-4-9-13-31-30-17(23)26-16(22)29-19(30)10-6-5-7-11-19/h1-13H2,(H4,22,23,26,29)(H5,20,21,24,25,27,28). The number of guanidine groups is 2. The Morgan fingerprint density at radius 1 is 0.839 bits per heavy atom. The topological polar surface area (TPSA) is 192 Å². The van der Waals surface area contributed by atoms with Crippen molar-refractivity contribution in [1.29, 1.82) is 0 Å². The molecule has 1 spiro atoms. The predicted octanol–water partition coefficient (Wildman–Crippen LogP) is 1.33. The van der Waals surface area contributed by atoms with Gasteiger partial charge < -0.3 is 28.3 Å². The second-order valence-electron chi connectivity index (χ2n) is 8.03. The lowest BCUT2D eigenvalue weighted by atomic mass is 9.89. The molecule has 0 radical (unpaired) electrons. The van der Waals surface area contributed by atoms with Crippen LogP contribution in [0, 0.1) is 0 Å². The first-order valence-electron chi connectivity index (χ1n) is 11.1. The Morgan fingerprint density at radius 2 is 1.48 bits per heavy atom. The number of nitrogens with zero attached hydrogens (tertiary/aromatic N) is 6. The number of nitrogen functional groups attached to an aromatic ring is 2. The molecule has 0 bridgehead atoms. The maximum atomic E-state index is 6.10. The zero-order valence-corrected chi connectivity index (χ0v) is 18.1. The van der Waals surface area contributed by atoms with Crippen molar-refractivity contribution in [1.82, 2.24) is 20.0 Å². The van der Waals surface area contributed by atoms with Crippen LogP contribution in [-0.4, -0.2) is 50.7 Å². The normalized spacial score (nSPS) is 18.0. The Hall–Kier alpha value is -2.89. The maximum Gasteiger partial charge on any atom is 0.229 e. The Kier molecular flexibility index (Phi) is 8.04. The number of nitrogens with two attached hydrogens (primary N) is 4. The number of aliphatic imine (C=N–C) groups is 2. The minimum atomic E-state index is -0.477. The summed E-state index contributed by atoms with van der Waals surface area (Å²) in [5.74, 6) is 1.23. The Balaban J connectivity index is 1.27. The van der Waals surface area contributed by atoms with E-state index in [2.05, 4.69) is 30.3 Å². The average Bonchev–Trinajstić information content (AvgIpc) is 2.71. The number of unbranched alkanes of at least 4 members (excludes halogenated alkanes) is 5. The molecule has 172 valence electrons. The molecular formula is C19H35N11O. The SMILES string of the molecule is NC1=NC2(CCCCC2)N(OCCCCCCCCNc2nc(N)nc(N)n2)C(N)=N1.